The zero-order valence-electron chi connectivity index (χ0n) is 18.7. The summed E-state index contributed by atoms with van der Waals surface area (Å²) in [7, 11) is 1.84. The van der Waals surface area contributed by atoms with Gasteiger partial charge in [-0.25, -0.2) is 0 Å². The molecule has 6 nitrogen and oxygen atoms in total. The van der Waals surface area contributed by atoms with Crippen molar-refractivity contribution in [3.63, 3.8) is 0 Å². The molecule has 1 saturated carbocycles. The first-order chi connectivity index (χ1) is 13.6. The predicted octanol–water partition coefficient (Wildman–Crippen LogP) is 3.07. The van der Waals surface area contributed by atoms with Gasteiger partial charge in [-0.2, -0.15) is 0 Å². The lowest BCUT2D eigenvalue weighted by Gasteiger charge is -2.35. The second-order valence-electron chi connectivity index (χ2n) is 9.27. The molecule has 0 aromatic carbocycles. The van der Waals surface area contributed by atoms with E-state index in [4.69, 9.17) is 0 Å². The van der Waals surface area contributed by atoms with Gasteiger partial charge in [0.05, 0.1) is 0 Å². The van der Waals surface area contributed by atoms with Crippen molar-refractivity contribution >= 4 is 35.8 Å². The van der Waals surface area contributed by atoms with Crippen molar-refractivity contribution < 1.29 is 4.79 Å². The highest BCUT2D eigenvalue weighted by atomic mass is 127. The molecule has 2 heterocycles. The van der Waals surface area contributed by atoms with Crippen LogP contribution in [0.15, 0.2) is 4.99 Å². The van der Waals surface area contributed by atoms with Crippen LogP contribution < -0.4 is 10.6 Å². The summed E-state index contributed by atoms with van der Waals surface area (Å²) in [6, 6.07) is 0.823. The molecule has 0 bridgehead atoms. The van der Waals surface area contributed by atoms with Crippen molar-refractivity contribution in [1.82, 2.24) is 20.4 Å². The Morgan fingerprint density at radius 3 is 2.41 bits per heavy atom. The van der Waals surface area contributed by atoms with E-state index in [0.717, 1.165) is 50.8 Å². The number of hydrogen-bond acceptors (Lipinski definition) is 3. The molecule has 2 atom stereocenters. The third kappa shape index (κ3) is 7.26. The lowest BCUT2D eigenvalue weighted by Crippen LogP contribution is -2.50. The molecule has 2 aliphatic heterocycles. The number of rotatable bonds is 5. The molecule has 2 unspecified atom stereocenters. The van der Waals surface area contributed by atoms with Crippen LogP contribution in [-0.2, 0) is 4.79 Å². The minimum atomic E-state index is 0. The van der Waals surface area contributed by atoms with E-state index >= 15 is 0 Å². The van der Waals surface area contributed by atoms with E-state index in [9.17, 15) is 4.79 Å². The van der Waals surface area contributed by atoms with Gasteiger partial charge in [-0.05, 0) is 58.0 Å². The maximum Gasteiger partial charge on any atom is 0.225 e. The fraction of sp³-hybridized carbons (Fsp3) is 0.909. The van der Waals surface area contributed by atoms with Gasteiger partial charge >= 0.3 is 0 Å². The van der Waals surface area contributed by atoms with Gasteiger partial charge in [0.1, 0.15) is 0 Å². The molecule has 3 aliphatic rings. The summed E-state index contributed by atoms with van der Waals surface area (Å²) in [4.78, 5) is 21.8. The first-order valence-corrected chi connectivity index (χ1v) is 11.6. The van der Waals surface area contributed by atoms with E-state index in [1.54, 1.807) is 0 Å². The predicted molar refractivity (Wildman–Crippen MR) is 131 cm³/mol. The van der Waals surface area contributed by atoms with Crippen LogP contribution in [0, 0.1) is 11.8 Å². The van der Waals surface area contributed by atoms with Gasteiger partial charge in [0.15, 0.2) is 5.96 Å². The lowest BCUT2D eigenvalue weighted by molar-refractivity contribution is -0.135. The molecule has 2 N–H and O–H groups in total. The summed E-state index contributed by atoms with van der Waals surface area (Å²) in [5.74, 6) is 2.40. The van der Waals surface area contributed by atoms with Gasteiger partial charge in [-0.3, -0.25) is 14.7 Å². The third-order valence-electron chi connectivity index (χ3n) is 7.03. The minimum Gasteiger partial charge on any atom is -0.355 e. The zero-order valence-corrected chi connectivity index (χ0v) is 21.0. The molecular weight excluding hydrogens is 477 g/mol. The van der Waals surface area contributed by atoms with Crippen LogP contribution in [-0.4, -0.2) is 73.5 Å². The number of hydrogen-bond donors (Lipinski definition) is 2. The van der Waals surface area contributed by atoms with Crippen LogP contribution in [0.1, 0.15) is 65.2 Å². The van der Waals surface area contributed by atoms with Crippen molar-refractivity contribution in [3.05, 3.63) is 0 Å². The SMILES string of the molecule is CN=C(NCC(C)N1CCC(C)CC1)NC1CCN(C(=O)C2CCCCC2)C1.I. The Balaban J connectivity index is 0.00000300. The monoisotopic (exact) mass is 519 g/mol. The molecule has 168 valence electrons. The highest BCUT2D eigenvalue weighted by Gasteiger charge is 2.32. The van der Waals surface area contributed by atoms with Gasteiger partial charge in [0.2, 0.25) is 5.91 Å². The second-order valence-corrected chi connectivity index (χ2v) is 9.27. The number of aliphatic imine (C=N–C) groups is 1. The summed E-state index contributed by atoms with van der Waals surface area (Å²) < 4.78 is 0. The lowest BCUT2D eigenvalue weighted by atomic mass is 9.88. The number of halogens is 1. The maximum atomic E-state index is 12.8. The van der Waals surface area contributed by atoms with Crippen molar-refractivity contribution in [3.8, 4) is 0 Å². The summed E-state index contributed by atoms with van der Waals surface area (Å²) in [5, 5.41) is 7.05. The first kappa shape index (κ1) is 24.7. The average Bonchev–Trinajstić information content (AvgIpc) is 3.20. The highest BCUT2D eigenvalue weighted by Crippen LogP contribution is 2.26. The van der Waals surface area contributed by atoms with Crippen LogP contribution in [0.3, 0.4) is 0 Å². The number of piperidine rings is 1. The number of nitrogens with one attached hydrogen (secondary N) is 2. The van der Waals surface area contributed by atoms with Crippen molar-refractivity contribution in [2.75, 3.05) is 39.8 Å². The summed E-state index contributed by atoms with van der Waals surface area (Å²) in [6.45, 7) is 9.67. The van der Waals surface area contributed by atoms with Crippen LogP contribution in [0.4, 0.5) is 0 Å². The quantitative estimate of drug-likeness (QED) is 0.333. The van der Waals surface area contributed by atoms with Gasteiger partial charge in [-0.15, -0.1) is 24.0 Å². The van der Waals surface area contributed by atoms with Crippen LogP contribution in [0.2, 0.25) is 0 Å². The molecule has 3 fully saturated rings. The Hall–Kier alpha value is -0.570. The Labute approximate surface area is 194 Å². The van der Waals surface area contributed by atoms with E-state index in [1.165, 1.54) is 45.2 Å². The zero-order chi connectivity index (χ0) is 19.9. The van der Waals surface area contributed by atoms with E-state index < -0.39 is 0 Å². The molecule has 1 aliphatic carbocycles. The first-order valence-electron chi connectivity index (χ1n) is 11.6. The molecule has 0 aromatic heterocycles. The van der Waals surface area contributed by atoms with E-state index in [2.05, 4.69) is 39.3 Å². The maximum absolute atomic E-state index is 12.8. The fourth-order valence-electron chi connectivity index (χ4n) is 4.92. The van der Waals surface area contributed by atoms with Crippen molar-refractivity contribution in [2.45, 2.75) is 77.3 Å². The topological polar surface area (TPSA) is 60.0 Å². The second kappa shape index (κ2) is 12.3. The van der Waals surface area contributed by atoms with Crippen LogP contribution in [0.5, 0.6) is 0 Å². The third-order valence-corrected chi connectivity index (χ3v) is 7.03. The van der Waals surface area contributed by atoms with Gasteiger partial charge in [-0.1, -0.05) is 26.2 Å². The van der Waals surface area contributed by atoms with Gasteiger partial charge < -0.3 is 15.5 Å². The van der Waals surface area contributed by atoms with E-state index in [-0.39, 0.29) is 29.9 Å². The standard InChI is InChI=1S/C22H41N5O.HI/c1-17-9-12-26(13-10-17)18(2)15-24-22(23-3)25-20-11-14-27(16-20)21(28)19-7-5-4-6-8-19;/h17-20H,4-16H2,1-3H3,(H2,23,24,25);1H. The molecular formula is C22H42IN5O. The summed E-state index contributed by atoms with van der Waals surface area (Å²) >= 11 is 0. The van der Waals surface area contributed by atoms with Gasteiger partial charge in [0, 0.05) is 44.7 Å². The van der Waals surface area contributed by atoms with E-state index in [0.29, 0.717) is 18.0 Å². The number of guanidine groups is 1. The Kier molecular flexibility index (Phi) is 10.5. The van der Waals surface area contributed by atoms with E-state index in [1.807, 2.05) is 7.05 Å². The molecule has 1 amide bonds. The largest absolute Gasteiger partial charge is 0.355 e. The molecule has 7 heteroatoms. The number of amides is 1. The average molecular weight is 520 g/mol. The number of likely N-dealkylation sites (tertiary alicyclic amines) is 2. The number of nitrogens with zero attached hydrogens (tertiary/aromatic N) is 3. The van der Waals surface area contributed by atoms with Gasteiger partial charge in [0.25, 0.3) is 0 Å². The molecule has 2 saturated heterocycles. The highest BCUT2D eigenvalue weighted by molar-refractivity contribution is 14.0. The molecule has 0 aromatic rings. The molecule has 3 rings (SSSR count). The molecule has 0 spiro atoms. The number of carbonyl (C=O) groups is 1. The molecule has 0 radical (unpaired) electrons. The summed E-state index contributed by atoms with van der Waals surface area (Å²) in [5.41, 5.74) is 0. The van der Waals surface area contributed by atoms with Crippen molar-refractivity contribution in [2.24, 2.45) is 16.8 Å². The van der Waals surface area contributed by atoms with Crippen LogP contribution >= 0.6 is 24.0 Å². The normalized spacial score (nSPS) is 26.1. The number of carbonyl (C=O) groups excluding carboxylic acids is 1. The molecule has 29 heavy (non-hydrogen) atoms. The van der Waals surface area contributed by atoms with Crippen LogP contribution in [0.25, 0.3) is 0 Å². The summed E-state index contributed by atoms with van der Waals surface area (Å²) in [6.07, 6.45) is 9.54. The Morgan fingerprint density at radius 2 is 1.76 bits per heavy atom. The minimum absolute atomic E-state index is 0. The Bertz CT molecular complexity index is 529. The smallest absolute Gasteiger partial charge is 0.225 e. The Morgan fingerprint density at radius 1 is 1.07 bits per heavy atom. The van der Waals surface area contributed by atoms with Crippen molar-refractivity contribution in [1.29, 1.82) is 0 Å². The fourth-order valence-corrected chi connectivity index (χ4v) is 4.92.